The summed E-state index contributed by atoms with van der Waals surface area (Å²) in [6.07, 6.45) is 4.05. The number of esters is 1. The molecule has 3 aromatic carbocycles. The third-order valence-corrected chi connectivity index (χ3v) is 6.39. The SMILES string of the molecule is CCC1CCCCN1C(=O)COC(=O)c1cccc2cccc(-c3nc4ccccc4o3)c12. The van der Waals surface area contributed by atoms with Crippen LogP contribution >= 0.6 is 0 Å². The molecule has 1 aliphatic rings. The fourth-order valence-electron chi connectivity index (χ4n) is 4.72. The van der Waals surface area contributed by atoms with Crippen molar-refractivity contribution in [3.63, 3.8) is 0 Å². The van der Waals surface area contributed by atoms with Crippen molar-refractivity contribution in [2.45, 2.75) is 38.6 Å². The van der Waals surface area contributed by atoms with E-state index in [0.29, 0.717) is 28.0 Å². The molecule has 4 aromatic rings. The summed E-state index contributed by atoms with van der Waals surface area (Å²) in [6, 6.07) is 19.0. The number of piperidine rings is 1. The second-order valence-corrected chi connectivity index (χ2v) is 8.42. The number of fused-ring (bicyclic) bond motifs is 2. The van der Waals surface area contributed by atoms with Crippen LogP contribution in [0.25, 0.3) is 33.3 Å². The smallest absolute Gasteiger partial charge is 0.339 e. The maximum absolute atomic E-state index is 13.1. The molecule has 1 aliphatic heterocycles. The maximum atomic E-state index is 13.1. The molecular formula is C27H26N2O4. The predicted molar refractivity (Wildman–Crippen MR) is 127 cm³/mol. The Bertz CT molecular complexity index is 1290. The van der Waals surface area contributed by atoms with Gasteiger partial charge in [0.25, 0.3) is 5.91 Å². The van der Waals surface area contributed by atoms with Crippen molar-refractivity contribution >= 4 is 33.7 Å². The van der Waals surface area contributed by atoms with Crippen molar-refractivity contribution in [2.24, 2.45) is 0 Å². The Morgan fingerprint density at radius 1 is 1.06 bits per heavy atom. The Kier molecular flexibility index (Phi) is 5.82. The van der Waals surface area contributed by atoms with E-state index in [-0.39, 0.29) is 18.6 Å². The first kappa shape index (κ1) is 21.2. The fraction of sp³-hybridized carbons (Fsp3) is 0.296. The lowest BCUT2D eigenvalue weighted by atomic mass is 9.99. The lowest BCUT2D eigenvalue weighted by Gasteiger charge is -2.35. The van der Waals surface area contributed by atoms with Gasteiger partial charge < -0.3 is 14.1 Å². The number of para-hydroxylation sites is 2. The van der Waals surface area contributed by atoms with Crippen LogP contribution in [0.4, 0.5) is 0 Å². The normalized spacial score (nSPS) is 16.3. The first-order chi connectivity index (χ1) is 16.2. The number of oxazole rings is 1. The van der Waals surface area contributed by atoms with Gasteiger partial charge in [0.05, 0.1) is 5.56 Å². The van der Waals surface area contributed by atoms with Gasteiger partial charge in [0.2, 0.25) is 5.89 Å². The highest BCUT2D eigenvalue weighted by molar-refractivity contribution is 6.10. The van der Waals surface area contributed by atoms with E-state index in [1.807, 2.05) is 59.5 Å². The van der Waals surface area contributed by atoms with Crippen LogP contribution < -0.4 is 0 Å². The van der Waals surface area contributed by atoms with Crippen molar-refractivity contribution in [2.75, 3.05) is 13.2 Å². The Morgan fingerprint density at radius 2 is 1.88 bits per heavy atom. The summed E-state index contributed by atoms with van der Waals surface area (Å²) in [6.45, 7) is 2.56. The lowest BCUT2D eigenvalue weighted by Crippen LogP contribution is -2.45. The van der Waals surface area contributed by atoms with E-state index in [9.17, 15) is 9.59 Å². The van der Waals surface area contributed by atoms with E-state index in [0.717, 1.165) is 43.1 Å². The molecule has 1 unspecified atom stereocenters. The van der Waals surface area contributed by atoms with Gasteiger partial charge in [0.15, 0.2) is 12.2 Å². The lowest BCUT2D eigenvalue weighted by molar-refractivity contribution is -0.138. The molecule has 1 amide bonds. The number of ether oxygens (including phenoxy) is 1. The van der Waals surface area contributed by atoms with Crippen LogP contribution in [0.5, 0.6) is 0 Å². The van der Waals surface area contributed by atoms with Crippen LogP contribution in [0.3, 0.4) is 0 Å². The highest BCUT2D eigenvalue weighted by Crippen LogP contribution is 2.33. The number of hydrogen-bond donors (Lipinski definition) is 0. The molecule has 0 saturated carbocycles. The molecule has 33 heavy (non-hydrogen) atoms. The zero-order valence-electron chi connectivity index (χ0n) is 18.6. The third-order valence-electron chi connectivity index (χ3n) is 6.39. The molecule has 5 rings (SSSR count). The number of nitrogens with zero attached hydrogens (tertiary/aromatic N) is 2. The number of carbonyl (C=O) groups is 2. The standard InChI is InChI=1S/C27H26N2O4/c1-2-19-11-5-6-16-29(19)24(30)17-32-27(31)21-13-8-10-18-9-7-12-20(25(18)21)26-28-22-14-3-4-15-23(22)33-26/h3-4,7-10,12-15,19H,2,5-6,11,16-17H2,1H3. The van der Waals surface area contributed by atoms with Crippen LogP contribution in [0, 0.1) is 0 Å². The largest absolute Gasteiger partial charge is 0.452 e. The summed E-state index contributed by atoms with van der Waals surface area (Å²) < 4.78 is 11.5. The van der Waals surface area contributed by atoms with E-state index in [1.54, 1.807) is 6.07 Å². The van der Waals surface area contributed by atoms with Gasteiger partial charge in [-0.25, -0.2) is 9.78 Å². The maximum Gasteiger partial charge on any atom is 0.339 e. The minimum atomic E-state index is -0.525. The number of carbonyl (C=O) groups excluding carboxylic acids is 2. The van der Waals surface area contributed by atoms with E-state index in [2.05, 4.69) is 11.9 Å². The molecule has 1 atom stereocenters. The topological polar surface area (TPSA) is 72.6 Å². The van der Waals surface area contributed by atoms with Crippen LogP contribution in [0.2, 0.25) is 0 Å². The Balaban J connectivity index is 1.44. The van der Waals surface area contributed by atoms with Gasteiger partial charge in [-0.15, -0.1) is 0 Å². The Hall–Kier alpha value is -3.67. The van der Waals surface area contributed by atoms with Gasteiger partial charge in [0, 0.05) is 23.5 Å². The van der Waals surface area contributed by atoms with Gasteiger partial charge in [-0.05, 0) is 55.3 Å². The van der Waals surface area contributed by atoms with E-state index in [4.69, 9.17) is 9.15 Å². The van der Waals surface area contributed by atoms with Gasteiger partial charge in [-0.1, -0.05) is 43.3 Å². The second-order valence-electron chi connectivity index (χ2n) is 8.42. The molecule has 0 radical (unpaired) electrons. The van der Waals surface area contributed by atoms with Crippen molar-refractivity contribution < 1.29 is 18.7 Å². The molecule has 2 heterocycles. The van der Waals surface area contributed by atoms with E-state index in [1.165, 1.54) is 0 Å². The molecular weight excluding hydrogens is 416 g/mol. The molecule has 0 bridgehead atoms. The molecule has 6 heteroatoms. The van der Waals surface area contributed by atoms with Crippen molar-refractivity contribution in [1.82, 2.24) is 9.88 Å². The quantitative estimate of drug-likeness (QED) is 0.377. The van der Waals surface area contributed by atoms with Gasteiger partial charge in [-0.2, -0.15) is 0 Å². The third kappa shape index (κ3) is 4.09. The average Bonchev–Trinajstić information content (AvgIpc) is 3.30. The number of likely N-dealkylation sites (tertiary alicyclic amines) is 1. The fourth-order valence-corrected chi connectivity index (χ4v) is 4.72. The van der Waals surface area contributed by atoms with Crippen LogP contribution in [0.1, 0.15) is 43.0 Å². The minimum Gasteiger partial charge on any atom is -0.452 e. The summed E-state index contributed by atoms with van der Waals surface area (Å²) in [5.41, 5.74) is 2.54. The van der Waals surface area contributed by atoms with Crippen LogP contribution in [0.15, 0.2) is 65.1 Å². The van der Waals surface area contributed by atoms with Crippen molar-refractivity contribution in [1.29, 1.82) is 0 Å². The Labute approximate surface area is 192 Å². The number of rotatable bonds is 5. The summed E-state index contributed by atoms with van der Waals surface area (Å²) in [5.74, 6) is -0.214. The summed E-state index contributed by atoms with van der Waals surface area (Å²) in [5, 5.41) is 1.58. The molecule has 0 N–H and O–H groups in total. The van der Waals surface area contributed by atoms with E-state index >= 15 is 0 Å². The monoisotopic (exact) mass is 442 g/mol. The predicted octanol–water partition coefficient (Wildman–Crippen LogP) is 5.60. The summed E-state index contributed by atoms with van der Waals surface area (Å²) in [7, 11) is 0. The molecule has 1 saturated heterocycles. The Morgan fingerprint density at radius 3 is 2.70 bits per heavy atom. The average molecular weight is 443 g/mol. The zero-order chi connectivity index (χ0) is 22.8. The van der Waals surface area contributed by atoms with Gasteiger partial charge in [0.1, 0.15) is 5.52 Å². The molecule has 0 spiro atoms. The summed E-state index contributed by atoms with van der Waals surface area (Å²) in [4.78, 5) is 32.4. The number of hydrogen-bond acceptors (Lipinski definition) is 5. The molecule has 1 fully saturated rings. The molecule has 0 aliphatic carbocycles. The molecule has 168 valence electrons. The highest BCUT2D eigenvalue weighted by Gasteiger charge is 2.26. The first-order valence-electron chi connectivity index (χ1n) is 11.5. The van der Waals surface area contributed by atoms with Crippen molar-refractivity contribution in [3.05, 3.63) is 66.2 Å². The van der Waals surface area contributed by atoms with Crippen LogP contribution in [-0.2, 0) is 9.53 Å². The number of benzene rings is 3. The number of amides is 1. The molecule has 6 nitrogen and oxygen atoms in total. The first-order valence-corrected chi connectivity index (χ1v) is 11.5. The van der Waals surface area contributed by atoms with E-state index < -0.39 is 5.97 Å². The van der Waals surface area contributed by atoms with Crippen molar-refractivity contribution in [3.8, 4) is 11.5 Å². The number of aromatic nitrogens is 1. The van der Waals surface area contributed by atoms with Crippen LogP contribution in [-0.4, -0.2) is 41.0 Å². The zero-order valence-corrected chi connectivity index (χ0v) is 18.6. The minimum absolute atomic E-state index is 0.130. The second kappa shape index (κ2) is 9.06. The summed E-state index contributed by atoms with van der Waals surface area (Å²) >= 11 is 0. The highest BCUT2D eigenvalue weighted by atomic mass is 16.5. The molecule has 1 aromatic heterocycles. The van der Waals surface area contributed by atoms with Gasteiger partial charge in [-0.3, -0.25) is 4.79 Å². The van der Waals surface area contributed by atoms with Gasteiger partial charge >= 0.3 is 5.97 Å².